The van der Waals surface area contributed by atoms with Gasteiger partial charge in [0.2, 0.25) is 11.7 Å². The third kappa shape index (κ3) is 5.28. The molecule has 6 nitrogen and oxygen atoms in total. The van der Waals surface area contributed by atoms with Crippen LogP contribution in [0.5, 0.6) is 17.2 Å². The summed E-state index contributed by atoms with van der Waals surface area (Å²) in [5, 5.41) is 3.02. The van der Waals surface area contributed by atoms with Crippen molar-refractivity contribution < 1.29 is 19.0 Å². The first-order chi connectivity index (χ1) is 16.6. The first-order valence-electron chi connectivity index (χ1n) is 11.6. The van der Waals surface area contributed by atoms with Crippen molar-refractivity contribution in [2.45, 2.75) is 32.4 Å². The van der Waals surface area contributed by atoms with Gasteiger partial charge in [0.05, 0.1) is 21.3 Å². The minimum Gasteiger partial charge on any atom is -0.493 e. The molecule has 0 bridgehead atoms. The maximum atomic E-state index is 12.5. The standard InChI is InChI=1S/C28H32N2O4/c1-32-25-14-12-23(27(33-2)28(25)34-3)13-15-26(31)29-18-20-8-10-21(11-9-20)19-30-17-16-22-6-4-5-7-24(22)30/h4-12,14H,13,15-19H2,1-3H3,(H,29,31). The summed E-state index contributed by atoms with van der Waals surface area (Å²) >= 11 is 0. The Morgan fingerprint density at radius 2 is 1.62 bits per heavy atom. The molecule has 34 heavy (non-hydrogen) atoms. The van der Waals surface area contributed by atoms with Gasteiger partial charge < -0.3 is 24.4 Å². The molecule has 0 fully saturated rings. The molecule has 0 saturated carbocycles. The van der Waals surface area contributed by atoms with Gasteiger partial charge in [0.15, 0.2) is 11.5 Å². The Labute approximate surface area is 201 Å². The zero-order chi connectivity index (χ0) is 23.9. The lowest BCUT2D eigenvalue weighted by Crippen LogP contribution is -2.23. The Morgan fingerprint density at radius 1 is 0.882 bits per heavy atom. The second-order valence-electron chi connectivity index (χ2n) is 8.39. The average molecular weight is 461 g/mol. The Bertz CT molecular complexity index is 1130. The van der Waals surface area contributed by atoms with Gasteiger partial charge >= 0.3 is 0 Å². The van der Waals surface area contributed by atoms with Crippen LogP contribution in [-0.4, -0.2) is 33.8 Å². The molecule has 0 spiro atoms. The molecule has 1 heterocycles. The molecule has 4 rings (SSSR count). The molecule has 1 amide bonds. The van der Waals surface area contributed by atoms with Crippen LogP contribution >= 0.6 is 0 Å². The van der Waals surface area contributed by atoms with Crippen molar-refractivity contribution in [3.63, 3.8) is 0 Å². The number of nitrogens with one attached hydrogen (secondary N) is 1. The highest BCUT2D eigenvalue weighted by Gasteiger charge is 2.18. The third-order valence-corrected chi connectivity index (χ3v) is 6.28. The number of rotatable bonds is 10. The van der Waals surface area contributed by atoms with E-state index in [-0.39, 0.29) is 5.91 Å². The average Bonchev–Trinajstić information content (AvgIpc) is 3.29. The number of aryl methyl sites for hydroxylation is 1. The molecule has 6 heteroatoms. The number of anilines is 1. The van der Waals surface area contributed by atoms with E-state index in [2.05, 4.69) is 58.7 Å². The highest BCUT2D eigenvalue weighted by Crippen LogP contribution is 2.40. The molecule has 1 aliphatic rings. The van der Waals surface area contributed by atoms with Gasteiger partial charge in [-0.2, -0.15) is 0 Å². The number of hydrogen-bond acceptors (Lipinski definition) is 5. The van der Waals surface area contributed by atoms with Crippen LogP contribution in [0.3, 0.4) is 0 Å². The number of fused-ring (bicyclic) bond motifs is 1. The number of hydrogen-bond donors (Lipinski definition) is 1. The molecule has 0 saturated heterocycles. The van der Waals surface area contributed by atoms with E-state index in [1.807, 2.05) is 12.1 Å². The summed E-state index contributed by atoms with van der Waals surface area (Å²) < 4.78 is 16.3. The van der Waals surface area contributed by atoms with Crippen molar-refractivity contribution >= 4 is 11.6 Å². The maximum Gasteiger partial charge on any atom is 0.220 e. The van der Waals surface area contributed by atoms with Crippen molar-refractivity contribution in [1.82, 2.24) is 5.32 Å². The Hall–Kier alpha value is -3.67. The van der Waals surface area contributed by atoms with Gasteiger partial charge in [0.25, 0.3) is 0 Å². The number of para-hydroxylation sites is 1. The summed E-state index contributed by atoms with van der Waals surface area (Å²) in [6.07, 6.45) is 2.01. The van der Waals surface area contributed by atoms with Gasteiger partial charge in [0.1, 0.15) is 0 Å². The van der Waals surface area contributed by atoms with E-state index in [1.165, 1.54) is 16.8 Å². The van der Waals surface area contributed by atoms with E-state index >= 15 is 0 Å². The number of carbonyl (C=O) groups excluding carboxylic acids is 1. The summed E-state index contributed by atoms with van der Waals surface area (Å²) in [5.74, 6) is 1.74. The van der Waals surface area contributed by atoms with Gasteiger partial charge in [-0.1, -0.05) is 48.5 Å². The van der Waals surface area contributed by atoms with E-state index in [1.54, 1.807) is 21.3 Å². The lowest BCUT2D eigenvalue weighted by Gasteiger charge is -2.19. The molecule has 3 aromatic rings. The van der Waals surface area contributed by atoms with Gasteiger partial charge in [-0.05, 0) is 47.2 Å². The van der Waals surface area contributed by atoms with Crippen LogP contribution < -0.4 is 24.4 Å². The van der Waals surface area contributed by atoms with Crippen molar-refractivity contribution in [2.24, 2.45) is 0 Å². The fraction of sp³-hybridized carbons (Fsp3) is 0.321. The van der Waals surface area contributed by atoms with E-state index < -0.39 is 0 Å². The van der Waals surface area contributed by atoms with Gasteiger partial charge in [-0.3, -0.25) is 4.79 Å². The summed E-state index contributed by atoms with van der Waals surface area (Å²) in [4.78, 5) is 14.9. The van der Waals surface area contributed by atoms with Gasteiger partial charge in [-0.15, -0.1) is 0 Å². The summed E-state index contributed by atoms with van der Waals surface area (Å²) in [6.45, 7) is 2.47. The van der Waals surface area contributed by atoms with Crippen LogP contribution in [0.25, 0.3) is 0 Å². The van der Waals surface area contributed by atoms with Crippen molar-refractivity contribution in [2.75, 3.05) is 32.8 Å². The molecular formula is C28H32N2O4. The number of methoxy groups -OCH3 is 3. The van der Waals surface area contributed by atoms with Crippen LogP contribution in [0, 0.1) is 0 Å². The lowest BCUT2D eigenvalue weighted by atomic mass is 10.1. The summed E-state index contributed by atoms with van der Waals surface area (Å²) in [5.41, 5.74) is 6.02. The molecule has 1 N–H and O–H groups in total. The predicted molar refractivity (Wildman–Crippen MR) is 134 cm³/mol. The molecular weight excluding hydrogens is 428 g/mol. The Kier molecular flexibility index (Phi) is 7.58. The summed E-state index contributed by atoms with van der Waals surface area (Å²) in [7, 11) is 4.75. The Balaban J connectivity index is 1.28. The number of nitrogens with zero attached hydrogens (tertiary/aromatic N) is 1. The first-order valence-corrected chi connectivity index (χ1v) is 11.6. The first kappa shape index (κ1) is 23.5. The van der Waals surface area contributed by atoms with Crippen LogP contribution in [0.2, 0.25) is 0 Å². The van der Waals surface area contributed by atoms with E-state index in [0.717, 1.165) is 30.6 Å². The van der Waals surface area contributed by atoms with Crippen molar-refractivity contribution in [3.8, 4) is 17.2 Å². The van der Waals surface area contributed by atoms with E-state index in [4.69, 9.17) is 14.2 Å². The van der Waals surface area contributed by atoms with Crippen LogP contribution in [0.15, 0.2) is 60.7 Å². The molecule has 0 aliphatic carbocycles. The SMILES string of the molecule is COc1ccc(CCC(=O)NCc2ccc(CN3CCc4ccccc43)cc2)c(OC)c1OC. The third-order valence-electron chi connectivity index (χ3n) is 6.28. The zero-order valence-electron chi connectivity index (χ0n) is 20.1. The largest absolute Gasteiger partial charge is 0.493 e. The molecule has 0 unspecified atom stereocenters. The molecule has 0 atom stereocenters. The minimum absolute atomic E-state index is 0.00501. The fourth-order valence-electron chi connectivity index (χ4n) is 4.45. The van der Waals surface area contributed by atoms with Crippen LogP contribution in [0.4, 0.5) is 5.69 Å². The highest BCUT2D eigenvalue weighted by atomic mass is 16.5. The fourth-order valence-corrected chi connectivity index (χ4v) is 4.45. The number of ether oxygens (including phenoxy) is 3. The Morgan fingerprint density at radius 3 is 2.35 bits per heavy atom. The molecule has 0 radical (unpaired) electrons. The number of amides is 1. The van der Waals surface area contributed by atoms with E-state index in [9.17, 15) is 4.79 Å². The number of carbonyl (C=O) groups is 1. The normalized spacial score (nSPS) is 12.3. The second-order valence-corrected chi connectivity index (χ2v) is 8.39. The zero-order valence-corrected chi connectivity index (χ0v) is 20.1. The number of benzene rings is 3. The lowest BCUT2D eigenvalue weighted by molar-refractivity contribution is -0.121. The van der Waals surface area contributed by atoms with Crippen LogP contribution in [0.1, 0.15) is 28.7 Å². The minimum atomic E-state index is -0.00501. The van der Waals surface area contributed by atoms with Crippen LogP contribution in [-0.2, 0) is 30.7 Å². The smallest absolute Gasteiger partial charge is 0.220 e. The van der Waals surface area contributed by atoms with Gasteiger partial charge in [0, 0.05) is 31.7 Å². The highest BCUT2D eigenvalue weighted by molar-refractivity contribution is 5.76. The van der Waals surface area contributed by atoms with Gasteiger partial charge in [-0.25, -0.2) is 0 Å². The van der Waals surface area contributed by atoms with Crippen molar-refractivity contribution in [1.29, 1.82) is 0 Å². The molecule has 0 aromatic heterocycles. The second kappa shape index (κ2) is 11.0. The monoisotopic (exact) mass is 460 g/mol. The van der Waals surface area contributed by atoms with E-state index in [0.29, 0.717) is 36.6 Å². The summed E-state index contributed by atoms with van der Waals surface area (Å²) in [6, 6.07) is 20.8. The molecule has 1 aliphatic heterocycles. The molecule has 3 aromatic carbocycles. The topological polar surface area (TPSA) is 60.0 Å². The quantitative estimate of drug-likeness (QED) is 0.482. The van der Waals surface area contributed by atoms with Crippen molar-refractivity contribution in [3.05, 3.63) is 82.9 Å². The maximum absolute atomic E-state index is 12.5. The molecule has 178 valence electrons. The predicted octanol–water partition coefficient (Wildman–Crippen LogP) is 4.52.